The summed E-state index contributed by atoms with van der Waals surface area (Å²) in [7, 11) is 0. The van der Waals surface area contributed by atoms with Gasteiger partial charge in [-0.1, -0.05) is 78.4 Å². The summed E-state index contributed by atoms with van der Waals surface area (Å²) in [5, 5.41) is 12.7. The van der Waals surface area contributed by atoms with Crippen molar-refractivity contribution in [2.24, 2.45) is 0 Å². The van der Waals surface area contributed by atoms with Gasteiger partial charge in [0.2, 0.25) is 0 Å². The van der Waals surface area contributed by atoms with E-state index in [1.165, 1.54) is 0 Å². The third-order valence-electron chi connectivity index (χ3n) is 5.26. The highest BCUT2D eigenvalue weighted by Gasteiger charge is 2.18. The maximum atomic E-state index is 11.0. The van der Waals surface area contributed by atoms with Crippen LogP contribution in [0.25, 0.3) is 35.2 Å². The Morgan fingerprint density at radius 2 is 1.59 bits per heavy atom. The number of hydrogen-bond acceptors (Lipinski definition) is 2. The van der Waals surface area contributed by atoms with Crippen LogP contribution in [0.4, 0.5) is 0 Å². The fraction of sp³-hybridized carbons (Fsp3) is 0.0385. The first-order valence-electron chi connectivity index (χ1n) is 9.51. The number of nitrogens with zero attached hydrogens (tertiary/aromatic N) is 1. The topological polar surface area (TPSA) is 33.1 Å². The number of fused-ring (bicyclic) bond motifs is 3. The molecule has 0 saturated carbocycles. The molecular formula is C26H18ClNO. The van der Waals surface area contributed by atoms with Gasteiger partial charge >= 0.3 is 0 Å². The first-order valence-corrected chi connectivity index (χ1v) is 9.89. The van der Waals surface area contributed by atoms with Gasteiger partial charge in [-0.05, 0) is 58.2 Å². The first kappa shape index (κ1) is 17.9. The molecule has 0 fully saturated rings. The smallest absolute Gasteiger partial charge is 0.105 e. The number of aromatic nitrogens is 1. The van der Waals surface area contributed by atoms with E-state index >= 15 is 0 Å². The second-order valence-corrected chi connectivity index (χ2v) is 7.60. The van der Waals surface area contributed by atoms with Gasteiger partial charge in [-0.15, -0.1) is 0 Å². The van der Waals surface area contributed by atoms with Crippen molar-refractivity contribution in [2.75, 3.05) is 0 Å². The van der Waals surface area contributed by atoms with Crippen LogP contribution in [0.1, 0.15) is 39.6 Å². The van der Waals surface area contributed by atoms with Crippen molar-refractivity contribution in [1.82, 2.24) is 4.98 Å². The van der Waals surface area contributed by atoms with Crippen LogP contribution >= 0.6 is 11.6 Å². The maximum absolute atomic E-state index is 11.0. The van der Waals surface area contributed by atoms with Gasteiger partial charge in [0.15, 0.2) is 0 Å². The molecule has 0 bridgehead atoms. The molecule has 1 heterocycles. The lowest BCUT2D eigenvalue weighted by molar-refractivity contribution is 0.220. The number of pyridine rings is 1. The predicted molar refractivity (Wildman–Crippen MR) is 122 cm³/mol. The van der Waals surface area contributed by atoms with Crippen LogP contribution in [0.3, 0.4) is 0 Å². The Kier molecular flexibility index (Phi) is 4.51. The van der Waals surface area contributed by atoms with E-state index in [2.05, 4.69) is 23.2 Å². The molecule has 0 amide bonds. The molecule has 2 nitrogen and oxygen atoms in total. The Balaban J connectivity index is 1.49. The monoisotopic (exact) mass is 395 g/mol. The largest absolute Gasteiger partial charge is 0.384 e. The summed E-state index contributed by atoms with van der Waals surface area (Å²) in [6.45, 7) is 0. The summed E-state index contributed by atoms with van der Waals surface area (Å²) in [4.78, 5) is 4.67. The number of hydrogen-bond donors (Lipinski definition) is 1. The van der Waals surface area contributed by atoms with Crippen molar-refractivity contribution in [3.63, 3.8) is 0 Å². The lowest BCUT2D eigenvalue weighted by Crippen LogP contribution is -2.02. The SMILES string of the molecule is OC1c2ccccc2C=Cc2ccc(/C=C/c3ccc4ccc(Cl)cc4n3)cc21. The minimum absolute atomic E-state index is 0.648. The average molecular weight is 396 g/mol. The van der Waals surface area contributed by atoms with Crippen molar-refractivity contribution in [3.8, 4) is 0 Å². The molecule has 5 rings (SSSR count). The lowest BCUT2D eigenvalue weighted by Gasteiger charge is -2.15. The quantitative estimate of drug-likeness (QED) is 0.413. The van der Waals surface area contributed by atoms with Gasteiger partial charge < -0.3 is 5.11 Å². The summed E-state index contributed by atoms with van der Waals surface area (Å²) in [6.07, 6.45) is 7.48. The molecule has 0 aliphatic heterocycles. The van der Waals surface area contributed by atoms with E-state index in [-0.39, 0.29) is 0 Å². The Morgan fingerprint density at radius 1 is 0.793 bits per heavy atom. The number of benzene rings is 3. The van der Waals surface area contributed by atoms with Crippen molar-refractivity contribution in [3.05, 3.63) is 111 Å². The highest BCUT2D eigenvalue weighted by molar-refractivity contribution is 6.31. The predicted octanol–water partition coefficient (Wildman–Crippen LogP) is 6.62. The lowest BCUT2D eigenvalue weighted by atomic mass is 9.95. The average Bonchev–Trinajstić information content (AvgIpc) is 2.89. The van der Waals surface area contributed by atoms with Crippen molar-refractivity contribution in [1.29, 1.82) is 0 Å². The van der Waals surface area contributed by atoms with Gasteiger partial charge in [-0.25, -0.2) is 4.98 Å². The molecule has 0 spiro atoms. The van der Waals surface area contributed by atoms with Gasteiger partial charge in [-0.2, -0.15) is 0 Å². The molecule has 140 valence electrons. The van der Waals surface area contributed by atoms with Gasteiger partial charge in [-0.3, -0.25) is 0 Å². The molecular weight excluding hydrogens is 378 g/mol. The van der Waals surface area contributed by atoms with Crippen LogP contribution in [0.15, 0.2) is 72.8 Å². The van der Waals surface area contributed by atoms with E-state index in [1.807, 2.05) is 78.9 Å². The first-order chi connectivity index (χ1) is 14.2. The second-order valence-electron chi connectivity index (χ2n) is 7.16. The minimum Gasteiger partial charge on any atom is -0.384 e. The normalized spacial score (nSPS) is 15.3. The van der Waals surface area contributed by atoms with Crippen molar-refractivity contribution in [2.45, 2.75) is 6.10 Å². The summed E-state index contributed by atoms with van der Waals surface area (Å²) < 4.78 is 0. The van der Waals surface area contributed by atoms with Crippen molar-refractivity contribution < 1.29 is 5.11 Å². The van der Waals surface area contributed by atoms with E-state index in [0.717, 1.165) is 44.4 Å². The molecule has 1 unspecified atom stereocenters. The minimum atomic E-state index is -0.648. The molecule has 29 heavy (non-hydrogen) atoms. The molecule has 1 aromatic heterocycles. The molecule has 3 aromatic carbocycles. The van der Waals surface area contributed by atoms with E-state index < -0.39 is 6.10 Å². The van der Waals surface area contributed by atoms with Crippen LogP contribution in [0, 0.1) is 0 Å². The molecule has 4 aromatic rings. The van der Waals surface area contributed by atoms with Gasteiger partial charge in [0.25, 0.3) is 0 Å². The fourth-order valence-corrected chi connectivity index (χ4v) is 3.89. The van der Waals surface area contributed by atoms with Gasteiger partial charge in [0.1, 0.15) is 6.10 Å². The van der Waals surface area contributed by atoms with Crippen LogP contribution < -0.4 is 0 Å². The summed E-state index contributed by atoms with van der Waals surface area (Å²) in [5.74, 6) is 0. The van der Waals surface area contributed by atoms with Crippen LogP contribution in [-0.2, 0) is 0 Å². The molecule has 3 heteroatoms. The second kappa shape index (κ2) is 7.32. The van der Waals surface area contributed by atoms with E-state index in [1.54, 1.807) is 0 Å². The van der Waals surface area contributed by atoms with Crippen LogP contribution in [0.5, 0.6) is 0 Å². The zero-order valence-corrected chi connectivity index (χ0v) is 16.3. The third kappa shape index (κ3) is 3.49. The number of aliphatic hydroxyl groups excluding tert-OH is 1. The molecule has 1 N–H and O–H groups in total. The fourth-order valence-electron chi connectivity index (χ4n) is 3.72. The maximum Gasteiger partial charge on any atom is 0.105 e. The van der Waals surface area contributed by atoms with E-state index in [0.29, 0.717) is 5.02 Å². The number of rotatable bonds is 2. The molecule has 1 atom stereocenters. The Labute approximate surface area is 174 Å². The van der Waals surface area contributed by atoms with Gasteiger partial charge in [0.05, 0.1) is 11.2 Å². The van der Waals surface area contributed by atoms with Crippen molar-refractivity contribution >= 4 is 46.8 Å². The Hall–Kier alpha value is -3.20. The summed E-state index contributed by atoms with van der Waals surface area (Å²) in [6, 6.07) is 23.8. The highest BCUT2D eigenvalue weighted by atomic mass is 35.5. The zero-order valence-electron chi connectivity index (χ0n) is 15.6. The number of halogens is 1. The molecule has 1 aliphatic carbocycles. The van der Waals surface area contributed by atoms with Crippen LogP contribution in [-0.4, -0.2) is 10.1 Å². The van der Waals surface area contributed by atoms with E-state index in [9.17, 15) is 5.11 Å². The number of aliphatic hydroxyl groups is 1. The standard InChI is InChI=1S/C26H18ClNO/c27-21-12-10-20-11-14-22(28-25(20)16-21)13-6-17-5-7-19-9-8-18-3-1-2-4-23(18)26(29)24(19)15-17/h1-16,26,29H/b13-6+. The molecule has 0 saturated heterocycles. The molecule has 0 radical (unpaired) electrons. The van der Waals surface area contributed by atoms with Gasteiger partial charge in [0, 0.05) is 10.4 Å². The Morgan fingerprint density at radius 3 is 2.48 bits per heavy atom. The third-order valence-corrected chi connectivity index (χ3v) is 5.50. The summed E-state index contributed by atoms with van der Waals surface area (Å²) in [5.41, 5.74) is 6.67. The van der Waals surface area contributed by atoms with Crippen LogP contribution in [0.2, 0.25) is 5.02 Å². The Bertz CT molecular complexity index is 1290. The zero-order chi connectivity index (χ0) is 19.8. The van der Waals surface area contributed by atoms with E-state index in [4.69, 9.17) is 11.6 Å². The summed E-state index contributed by atoms with van der Waals surface area (Å²) >= 11 is 6.09. The highest BCUT2D eigenvalue weighted by Crippen LogP contribution is 2.33. The molecule has 1 aliphatic rings.